The largest absolute Gasteiger partial charge is 0.452 e. The number of rotatable bonds is 6. The van der Waals surface area contributed by atoms with Crippen molar-refractivity contribution in [3.8, 4) is 0 Å². The molecule has 0 unspecified atom stereocenters. The number of ether oxygens (including phenoxy) is 1. The van der Waals surface area contributed by atoms with Crippen LogP contribution >= 0.6 is 0 Å². The molecule has 6 heteroatoms. The second kappa shape index (κ2) is 8.69. The Kier molecular flexibility index (Phi) is 6.09. The predicted molar refractivity (Wildman–Crippen MR) is 107 cm³/mol. The highest BCUT2D eigenvalue weighted by Crippen LogP contribution is 2.26. The fourth-order valence-corrected chi connectivity index (χ4v) is 3.12. The lowest BCUT2D eigenvalue weighted by molar-refractivity contribution is -0.157. The Balaban J connectivity index is 1.57. The number of hydrogen-bond donors (Lipinski definition) is 1. The minimum Gasteiger partial charge on any atom is -0.452 e. The van der Waals surface area contributed by atoms with Crippen molar-refractivity contribution in [2.24, 2.45) is 5.92 Å². The monoisotopic (exact) mass is 380 g/mol. The van der Waals surface area contributed by atoms with Crippen LogP contribution in [0.3, 0.4) is 0 Å². The number of carbonyl (C=O) groups excluding carboxylic acids is 3. The minimum atomic E-state index is -0.944. The molecule has 2 atom stereocenters. The molecule has 0 aliphatic carbocycles. The quantitative estimate of drug-likeness (QED) is 0.781. The van der Waals surface area contributed by atoms with Crippen molar-refractivity contribution in [3.05, 3.63) is 60.2 Å². The van der Waals surface area contributed by atoms with Crippen LogP contribution in [0.1, 0.15) is 25.8 Å². The Bertz CT molecular complexity index is 849. The maximum absolute atomic E-state index is 12.5. The molecule has 2 aromatic carbocycles. The molecule has 28 heavy (non-hydrogen) atoms. The molecule has 0 radical (unpaired) electrons. The van der Waals surface area contributed by atoms with E-state index in [0.29, 0.717) is 5.69 Å². The van der Waals surface area contributed by atoms with E-state index in [2.05, 4.69) is 12.2 Å². The van der Waals surface area contributed by atoms with Crippen LogP contribution in [-0.4, -0.2) is 30.4 Å². The number of amides is 2. The van der Waals surface area contributed by atoms with E-state index < -0.39 is 23.9 Å². The Morgan fingerprint density at radius 3 is 2.46 bits per heavy atom. The van der Waals surface area contributed by atoms with Crippen molar-refractivity contribution < 1.29 is 19.1 Å². The minimum absolute atomic E-state index is 0.0847. The van der Waals surface area contributed by atoms with Gasteiger partial charge in [0, 0.05) is 24.3 Å². The average Bonchev–Trinajstić information content (AvgIpc) is 3.10. The molecule has 3 rings (SSSR count). The summed E-state index contributed by atoms with van der Waals surface area (Å²) < 4.78 is 5.31. The van der Waals surface area contributed by atoms with Gasteiger partial charge in [-0.25, -0.2) is 0 Å². The lowest BCUT2D eigenvalue weighted by Gasteiger charge is -2.18. The zero-order valence-electron chi connectivity index (χ0n) is 16.1. The standard InChI is InChI=1S/C22H24N2O4/c1-3-16-9-11-19(12-10-16)24-14-17(13-20(24)25)22(27)28-15(2)21(26)23-18-7-5-4-6-8-18/h4-12,15,17H,3,13-14H2,1-2H3,(H,23,26)/t15-,17+/m0/s1. The SMILES string of the molecule is CCc1ccc(N2C[C@H](C(=O)O[C@@H](C)C(=O)Nc3ccccc3)CC2=O)cc1. The molecule has 2 aromatic rings. The van der Waals surface area contributed by atoms with Crippen LogP contribution in [0, 0.1) is 5.92 Å². The Morgan fingerprint density at radius 1 is 1.14 bits per heavy atom. The predicted octanol–water partition coefficient (Wildman–Crippen LogP) is 3.17. The van der Waals surface area contributed by atoms with Crippen molar-refractivity contribution in [3.63, 3.8) is 0 Å². The van der Waals surface area contributed by atoms with E-state index >= 15 is 0 Å². The van der Waals surface area contributed by atoms with Crippen molar-refractivity contribution in [2.45, 2.75) is 32.8 Å². The molecule has 1 fully saturated rings. The number of benzene rings is 2. The molecule has 0 spiro atoms. The highest BCUT2D eigenvalue weighted by Gasteiger charge is 2.37. The Morgan fingerprint density at radius 2 is 1.82 bits per heavy atom. The van der Waals surface area contributed by atoms with Gasteiger partial charge in [-0.2, -0.15) is 0 Å². The third kappa shape index (κ3) is 4.57. The van der Waals surface area contributed by atoms with Crippen LogP contribution in [-0.2, 0) is 25.5 Å². The third-order valence-electron chi connectivity index (χ3n) is 4.82. The summed E-state index contributed by atoms with van der Waals surface area (Å²) in [6.07, 6.45) is 0.0636. The molecule has 0 aromatic heterocycles. The summed E-state index contributed by atoms with van der Waals surface area (Å²) in [5.74, 6) is -1.63. The van der Waals surface area contributed by atoms with Gasteiger partial charge in [-0.1, -0.05) is 37.3 Å². The van der Waals surface area contributed by atoms with E-state index in [1.165, 1.54) is 12.5 Å². The molecule has 1 aliphatic heterocycles. The molecule has 1 aliphatic rings. The maximum atomic E-state index is 12.5. The lowest BCUT2D eigenvalue weighted by atomic mass is 10.1. The fraction of sp³-hybridized carbons (Fsp3) is 0.318. The zero-order valence-corrected chi connectivity index (χ0v) is 16.1. The van der Waals surface area contributed by atoms with Crippen LogP contribution in [0.25, 0.3) is 0 Å². The lowest BCUT2D eigenvalue weighted by Crippen LogP contribution is -2.33. The first-order valence-corrected chi connectivity index (χ1v) is 9.43. The number of anilines is 2. The van der Waals surface area contributed by atoms with Gasteiger partial charge in [0.1, 0.15) is 0 Å². The molecular formula is C22H24N2O4. The van der Waals surface area contributed by atoms with E-state index in [1.54, 1.807) is 29.2 Å². The molecule has 1 heterocycles. The Labute approximate surface area is 164 Å². The van der Waals surface area contributed by atoms with Crippen molar-refractivity contribution in [2.75, 3.05) is 16.8 Å². The summed E-state index contributed by atoms with van der Waals surface area (Å²) >= 11 is 0. The summed E-state index contributed by atoms with van der Waals surface area (Å²) in [6.45, 7) is 3.85. The van der Waals surface area contributed by atoms with E-state index in [-0.39, 0.29) is 18.9 Å². The highest BCUT2D eigenvalue weighted by atomic mass is 16.5. The van der Waals surface area contributed by atoms with Crippen molar-refractivity contribution >= 4 is 29.2 Å². The molecule has 1 saturated heterocycles. The molecular weight excluding hydrogens is 356 g/mol. The third-order valence-corrected chi connectivity index (χ3v) is 4.82. The molecule has 0 bridgehead atoms. The zero-order chi connectivity index (χ0) is 20.1. The first-order chi connectivity index (χ1) is 13.5. The Hall–Kier alpha value is -3.15. The maximum Gasteiger partial charge on any atom is 0.312 e. The number of para-hydroxylation sites is 1. The number of hydrogen-bond acceptors (Lipinski definition) is 4. The molecule has 6 nitrogen and oxygen atoms in total. The second-order valence-electron chi connectivity index (χ2n) is 6.86. The van der Waals surface area contributed by atoms with E-state index in [1.807, 2.05) is 30.3 Å². The number of carbonyl (C=O) groups is 3. The van der Waals surface area contributed by atoms with Gasteiger partial charge in [-0.15, -0.1) is 0 Å². The van der Waals surface area contributed by atoms with Gasteiger partial charge in [0.25, 0.3) is 5.91 Å². The molecule has 2 amide bonds. The van der Waals surface area contributed by atoms with Gasteiger partial charge in [0.2, 0.25) is 5.91 Å². The topological polar surface area (TPSA) is 75.7 Å². The average molecular weight is 380 g/mol. The summed E-state index contributed by atoms with van der Waals surface area (Å²) in [5, 5.41) is 2.70. The smallest absolute Gasteiger partial charge is 0.312 e. The van der Waals surface area contributed by atoms with Gasteiger partial charge >= 0.3 is 5.97 Å². The number of nitrogens with one attached hydrogen (secondary N) is 1. The summed E-state index contributed by atoms with van der Waals surface area (Å²) in [7, 11) is 0. The fourth-order valence-electron chi connectivity index (χ4n) is 3.12. The van der Waals surface area contributed by atoms with Crippen molar-refractivity contribution in [1.82, 2.24) is 0 Å². The van der Waals surface area contributed by atoms with E-state index in [9.17, 15) is 14.4 Å². The highest BCUT2D eigenvalue weighted by molar-refractivity contribution is 6.00. The normalized spacial score (nSPS) is 17.3. The first kappa shape index (κ1) is 19.6. The first-order valence-electron chi connectivity index (χ1n) is 9.43. The van der Waals surface area contributed by atoms with Crippen molar-refractivity contribution in [1.29, 1.82) is 0 Å². The summed E-state index contributed by atoms with van der Waals surface area (Å²) in [6, 6.07) is 16.7. The van der Waals surface area contributed by atoms with Gasteiger partial charge < -0.3 is 15.0 Å². The van der Waals surface area contributed by atoms with E-state index in [0.717, 1.165) is 12.1 Å². The molecule has 146 valence electrons. The molecule has 0 saturated carbocycles. The summed E-state index contributed by atoms with van der Waals surface area (Å²) in [4.78, 5) is 38.6. The van der Waals surface area contributed by atoms with Crippen LogP contribution in [0.4, 0.5) is 11.4 Å². The van der Waals surface area contributed by atoms with Crippen LogP contribution in [0.2, 0.25) is 0 Å². The van der Waals surface area contributed by atoms with Crippen LogP contribution < -0.4 is 10.2 Å². The molecule has 1 N–H and O–H groups in total. The number of aryl methyl sites for hydroxylation is 1. The van der Waals surface area contributed by atoms with Gasteiger partial charge in [0.05, 0.1) is 5.92 Å². The summed E-state index contributed by atoms with van der Waals surface area (Å²) in [5.41, 5.74) is 2.59. The number of esters is 1. The number of nitrogens with zero attached hydrogens (tertiary/aromatic N) is 1. The van der Waals surface area contributed by atoms with Crippen LogP contribution in [0.5, 0.6) is 0 Å². The van der Waals surface area contributed by atoms with Gasteiger partial charge in [-0.3, -0.25) is 14.4 Å². The second-order valence-corrected chi connectivity index (χ2v) is 6.86. The van der Waals surface area contributed by atoms with Crippen LogP contribution in [0.15, 0.2) is 54.6 Å². The van der Waals surface area contributed by atoms with Gasteiger partial charge in [-0.05, 0) is 43.2 Å². The van der Waals surface area contributed by atoms with Gasteiger partial charge in [0.15, 0.2) is 6.10 Å². The van der Waals surface area contributed by atoms with E-state index in [4.69, 9.17) is 4.74 Å².